The Balaban J connectivity index is 6.39. The largest absolute Gasteiger partial charge is 0.483 e. The first-order valence-corrected chi connectivity index (χ1v) is 11.1. The van der Waals surface area contributed by atoms with E-state index < -0.39 is 98.3 Å². The molecule has 0 radical (unpaired) electrons. The molecule has 0 fully saturated rings. The van der Waals surface area contributed by atoms with Crippen molar-refractivity contribution in [1.82, 2.24) is 0 Å². The van der Waals surface area contributed by atoms with Gasteiger partial charge in [-0.3, -0.25) is 0 Å². The summed E-state index contributed by atoms with van der Waals surface area (Å²) in [5.41, 5.74) is 0. The standard InChI is InChI=1S/C16H3F31O8/c17-2(18,1-48)49-5(24,25)6(26,27)51-9(32,33)10(34,35)53-13(40,41)14(42,43)55-16(46,47)15(44,45)54-12(38,39)11(36,37)52-8(30,31)7(28,29)50-4(22,23)3(19,20)21/h48H,1H2. The monoisotopic (exact) mass is 912 g/mol. The molecule has 0 aliphatic carbocycles. The van der Waals surface area contributed by atoms with Gasteiger partial charge in [-0.15, -0.1) is 0 Å². The third-order valence-electron chi connectivity index (χ3n) is 4.36. The van der Waals surface area contributed by atoms with Crippen LogP contribution in [0.5, 0.6) is 0 Å². The number of hydrogen-bond donors (Lipinski definition) is 1. The molecule has 0 bridgehead atoms. The van der Waals surface area contributed by atoms with Crippen molar-refractivity contribution in [1.29, 1.82) is 0 Å². The highest BCUT2D eigenvalue weighted by Crippen LogP contribution is 2.55. The van der Waals surface area contributed by atoms with Gasteiger partial charge in [-0.25, -0.2) is 33.2 Å². The zero-order valence-corrected chi connectivity index (χ0v) is 23.2. The first kappa shape index (κ1) is 52.5. The average molecular weight is 912 g/mol. The number of hydrogen-bond acceptors (Lipinski definition) is 8. The second-order valence-corrected chi connectivity index (χ2v) is 8.73. The molecule has 1 N–H and O–H groups in total. The van der Waals surface area contributed by atoms with Crippen molar-refractivity contribution in [3.8, 4) is 0 Å². The van der Waals surface area contributed by atoms with E-state index >= 15 is 0 Å². The van der Waals surface area contributed by atoms with E-state index in [1.54, 1.807) is 4.74 Å². The van der Waals surface area contributed by atoms with Crippen LogP contribution in [0.15, 0.2) is 0 Å². The molecule has 39 heteroatoms. The van der Waals surface area contributed by atoms with Crippen LogP contribution in [0, 0.1) is 0 Å². The highest BCUT2D eigenvalue weighted by atomic mass is 19.4. The van der Waals surface area contributed by atoms with Gasteiger partial charge in [0.2, 0.25) is 0 Å². The maximum atomic E-state index is 13.5. The first-order chi connectivity index (χ1) is 23.3. The van der Waals surface area contributed by atoms with Crippen LogP contribution in [0.4, 0.5) is 136 Å². The third kappa shape index (κ3) is 11.3. The summed E-state index contributed by atoms with van der Waals surface area (Å²) in [7, 11) is 0. The van der Waals surface area contributed by atoms with Crippen LogP contribution in [-0.2, 0) is 33.2 Å². The van der Waals surface area contributed by atoms with Crippen molar-refractivity contribution >= 4 is 0 Å². The number of ether oxygens (including phenoxy) is 7. The molecule has 0 heterocycles. The van der Waals surface area contributed by atoms with Crippen LogP contribution in [0.3, 0.4) is 0 Å². The van der Waals surface area contributed by atoms with Crippen molar-refractivity contribution in [3.63, 3.8) is 0 Å². The van der Waals surface area contributed by atoms with Crippen molar-refractivity contribution in [2.45, 2.75) is 91.7 Å². The summed E-state index contributed by atoms with van der Waals surface area (Å²) in [5.74, 6) is 0. The van der Waals surface area contributed by atoms with E-state index in [1.807, 2.05) is 0 Å². The second kappa shape index (κ2) is 14.4. The summed E-state index contributed by atoms with van der Waals surface area (Å²) in [6.45, 7) is -3.07. The third-order valence-corrected chi connectivity index (χ3v) is 4.36. The first-order valence-electron chi connectivity index (χ1n) is 11.1. The summed E-state index contributed by atoms with van der Waals surface area (Å²) in [4.78, 5) is 0. The highest BCUT2D eigenvalue weighted by molar-refractivity contribution is 4.83. The van der Waals surface area contributed by atoms with Gasteiger partial charge in [0.05, 0.1) is 0 Å². The summed E-state index contributed by atoms with van der Waals surface area (Å²) in [5, 5.41) is 7.89. The lowest BCUT2D eigenvalue weighted by molar-refractivity contribution is -0.599. The smallest absolute Gasteiger partial charge is 0.387 e. The Morgan fingerprint density at radius 2 is 0.345 bits per heavy atom. The summed E-state index contributed by atoms with van der Waals surface area (Å²) in [6.07, 6.45) is -119. The van der Waals surface area contributed by atoms with Gasteiger partial charge in [-0.2, -0.15) is 136 Å². The van der Waals surface area contributed by atoms with E-state index in [0.717, 1.165) is 23.7 Å². The van der Waals surface area contributed by atoms with E-state index in [4.69, 9.17) is 5.11 Å². The molecule has 0 rings (SSSR count). The molecule has 0 aromatic heterocycles. The number of aliphatic hydroxyl groups is 1. The van der Waals surface area contributed by atoms with Crippen LogP contribution in [0.25, 0.3) is 0 Å². The zero-order valence-electron chi connectivity index (χ0n) is 23.2. The lowest BCUT2D eigenvalue weighted by Gasteiger charge is -2.37. The van der Waals surface area contributed by atoms with E-state index in [2.05, 4.69) is 0 Å². The Morgan fingerprint density at radius 1 is 0.218 bits per heavy atom. The molecule has 0 saturated heterocycles. The van der Waals surface area contributed by atoms with Crippen molar-refractivity contribution in [3.05, 3.63) is 0 Å². The molecule has 0 spiro atoms. The molecule has 0 saturated carbocycles. The van der Waals surface area contributed by atoms with E-state index in [9.17, 15) is 136 Å². The predicted octanol–water partition coefficient (Wildman–Crippen LogP) is 8.96. The molecule has 0 aliphatic rings. The van der Waals surface area contributed by atoms with Gasteiger partial charge in [0.15, 0.2) is 0 Å². The lowest BCUT2D eigenvalue weighted by Crippen LogP contribution is -2.62. The molecule has 55 heavy (non-hydrogen) atoms. The van der Waals surface area contributed by atoms with Crippen molar-refractivity contribution in [2.24, 2.45) is 0 Å². The number of halogens is 31. The van der Waals surface area contributed by atoms with E-state index in [-0.39, 0.29) is 0 Å². The minimum absolute atomic E-state index is 1.01. The summed E-state index contributed by atoms with van der Waals surface area (Å²) < 4.78 is 413. The molecule has 0 aliphatic heterocycles. The van der Waals surface area contributed by atoms with Gasteiger partial charge in [0, 0.05) is 0 Å². The maximum Gasteiger partial charge on any atom is 0.483 e. The van der Waals surface area contributed by atoms with Gasteiger partial charge in [0.1, 0.15) is 6.61 Å². The van der Waals surface area contributed by atoms with Crippen LogP contribution in [0.2, 0.25) is 0 Å². The molecule has 332 valence electrons. The second-order valence-electron chi connectivity index (χ2n) is 8.73. The van der Waals surface area contributed by atoms with Crippen molar-refractivity contribution in [2.75, 3.05) is 6.61 Å². The molecule has 0 amide bonds. The fraction of sp³-hybridized carbons (Fsp3) is 1.00. The van der Waals surface area contributed by atoms with Gasteiger partial charge in [-0.05, 0) is 0 Å². The van der Waals surface area contributed by atoms with Gasteiger partial charge < -0.3 is 5.11 Å². The predicted molar refractivity (Wildman–Crippen MR) is 90.0 cm³/mol. The maximum absolute atomic E-state index is 13.5. The molecule has 0 aromatic rings. The number of alkyl halides is 31. The Labute approximate surface area is 274 Å². The molecular weight excluding hydrogens is 909 g/mol. The van der Waals surface area contributed by atoms with Gasteiger partial charge >= 0.3 is 91.7 Å². The molecule has 0 aromatic carbocycles. The summed E-state index contributed by atoms with van der Waals surface area (Å²) >= 11 is 0. The quantitative estimate of drug-likeness (QED) is 0.114. The topological polar surface area (TPSA) is 84.8 Å². The number of rotatable bonds is 21. The Kier molecular flexibility index (Phi) is 13.8. The fourth-order valence-electron chi connectivity index (χ4n) is 1.96. The lowest BCUT2D eigenvalue weighted by atomic mass is 10.4. The SMILES string of the molecule is OCC(F)(F)OC(F)(F)C(F)(F)OC(F)(F)C(F)(F)OC(F)(F)C(F)(F)OC(F)(F)C(F)(F)OC(F)(F)C(F)(F)OC(F)(F)C(F)(F)OC(F)(F)C(F)(F)F. The van der Waals surface area contributed by atoms with Crippen molar-refractivity contribution < 1.29 is 174 Å². The zero-order chi connectivity index (χ0) is 45.2. The number of aliphatic hydroxyl groups excluding tert-OH is 1. The molecular formula is C16H3F31O8. The van der Waals surface area contributed by atoms with Crippen LogP contribution in [0.1, 0.15) is 0 Å². The molecule has 0 atom stereocenters. The minimum atomic E-state index is -8.44. The summed E-state index contributed by atoms with van der Waals surface area (Å²) in [6, 6.07) is 0. The highest BCUT2D eigenvalue weighted by Gasteiger charge is 2.81. The Hall–Kier alpha value is -2.49. The van der Waals surface area contributed by atoms with Crippen LogP contribution in [-0.4, -0.2) is 103 Å². The fourth-order valence-corrected chi connectivity index (χ4v) is 1.96. The van der Waals surface area contributed by atoms with Gasteiger partial charge in [-0.1, -0.05) is 0 Å². The van der Waals surface area contributed by atoms with E-state index in [0.29, 0.717) is 0 Å². The van der Waals surface area contributed by atoms with Crippen LogP contribution >= 0.6 is 0 Å². The Bertz CT molecular complexity index is 1310. The minimum Gasteiger partial charge on any atom is -0.387 e. The van der Waals surface area contributed by atoms with E-state index in [1.165, 1.54) is 4.74 Å². The van der Waals surface area contributed by atoms with Crippen LogP contribution < -0.4 is 0 Å². The average Bonchev–Trinajstić information content (AvgIpc) is 2.83. The Morgan fingerprint density at radius 3 is 0.473 bits per heavy atom. The molecule has 8 nitrogen and oxygen atoms in total. The van der Waals surface area contributed by atoms with Gasteiger partial charge in [0.25, 0.3) is 0 Å². The molecule has 0 unspecified atom stereocenters. The normalized spacial score (nSPS) is 16.6.